The standard InChI is InChI=1S/C17H20N2O4S/c20-15(18-12-6-8-23-9-7-12)11-24-14-10-16(21)19(17(14)22)13-4-2-1-3-5-13/h1-5,12,14H,6-11H2,(H,18,20)/t14-/m0/s1. The molecular formula is C17H20N2O4S. The molecule has 2 aliphatic heterocycles. The summed E-state index contributed by atoms with van der Waals surface area (Å²) in [5, 5.41) is 2.47. The minimum atomic E-state index is -0.488. The number of ether oxygens (including phenoxy) is 1. The quantitative estimate of drug-likeness (QED) is 0.813. The van der Waals surface area contributed by atoms with Crippen LogP contribution in [0, 0.1) is 0 Å². The van der Waals surface area contributed by atoms with Gasteiger partial charge in [0.1, 0.15) is 0 Å². The van der Waals surface area contributed by atoms with Crippen molar-refractivity contribution in [2.24, 2.45) is 0 Å². The number of nitrogens with zero attached hydrogens (tertiary/aromatic N) is 1. The molecule has 0 aliphatic carbocycles. The van der Waals surface area contributed by atoms with Gasteiger partial charge >= 0.3 is 0 Å². The average Bonchev–Trinajstić information content (AvgIpc) is 2.88. The van der Waals surface area contributed by atoms with E-state index in [9.17, 15) is 14.4 Å². The second-order valence-electron chi connectivity index (χ2n) is 5.86. The number of carbonyl (C=O) groups excluding carboxylic acids is 3. The van der Waals surface area contributed by atoms with Gasteiger partial charge in [0.2, 0.25) is 17.7 Å². The SMILES string of the molecule is O=C(CS[C@H]1CC(=O)N(c2ccccc2)C1=O)NC1CCOCC1. The summed E-state index contributed by atoms with van der Waals surface area (Å²) >= 11 is 1.24. The van der Waals surface area contributed by atoms with Crippen LogP contribution >= 0.6 is 11.8 Å². The van der Waals surface area contributed by atoms with E-state index in [1.165, 1.54) is 16.7 Å². The Bertz CT molecular complexity index is 616. The number of nitrogens with one attached hydrogen (secondary N) is 1. The highest BCUT2D eigenvalue weighted by Crippen LogP contribution is 2.29. The van der Waals surface area contributed by atoms with Gasteiger partial charge in [-0.2, -0.15) is 0 Å². The lowest BCUT2D eigenvalue weighted by Crippen LogP contribution is -2.40. The first-order valence-corrected chi connectivity index (χ1v) is 9.10. The van der Waals surface area contributed by atoms with Crippen molar-refractivity contribution < 1.29 is 19.1 Å². The fourth-order valence-corrected chi connectivity index (χ4v) is 3.81. The van der Waals surface area contributed by atoms with Crippen LogP contribution in [0.25, 0.3) is 0 Å². The second-order valence-corrected chi connectivity index (χ2v) is 7.05. The molecule has 2 aliphatic rings. The Morgan fingerprint density at radius 2 is 1.92 bits per heavy atom. The van der Waals surface area contributed by atoms with Crippen molar-refractivity contribution in [3.63, 3.8) is 0 Å². The summed E-state index contributed by atoms with van der Waals surface area (Å²) in [5.41, 5.74) is 0.585. The van der Waals surface area contributed by atoms with Gasteiger partial charge in [0, 0.05) is 25.7 Å². The fraction of sp³-hybridized carbons (Fsp3) is 0.471. The lowest BCUT2D eigenvalue weighted by molar-refractivity contribution is -0.121. The van der Waals surface area contributed by atoms with Crippen LogP contribution in [0.4, 0.5) is 5.69 Å². The first-order valence-electron chi connectivity index (χ1n) is 8.05. The normalized spacial score (nSPS) is 22.0. The van der Waals surface area contributed by atoms with Crippen LogP contribution in [0.3, 0.4) is 0 Å². The van der Waals surface area contributed by atoms with Gasteiger partial charge in [-0.25, -0.2) is 4.90 Å². The Morgan fingerprint density at radius 1 is 1.21 bits per heavy atom. The molecule has 3 rings (SSSR count). The van der Waals surface area contributed by atoms with Gasteiger partial charge in [-0.05, 0) is 25.0 Å². The average molecular weight is 348 g/mol. The third kappa shape index (κ3) is 3.96. The van der Waals surface area contributed by atoms with Gasteiger partial charge in [-0.1, -0.05) is 18.2 Å². The van der Waals surface area contributed by atoms with Crippen molar-refractivity contribution >= 4 is 35.2 Å². The number of hydrogen-bond acceptors (Lipinski definition) is 5. The number of rotatable bonds is 5. The van der Waals surface area contributed by atoms with Crippen molar-refractivity contribution in [3.05, 3.63) is 30.3 Å². The molecule has 6 nitrogen and oxygen atoms in total. The molecule has 1 atom stereocenters. The Labute approximate surface area is 144 Å². The van der Waals surface area contributed by atoms with Crippen molar-refractivity contribution in [1.29, 1.82) is 0 Å². The highest BCUT2D eigenvalue weighted by molar-refractivity contribution is 8.01. The van der Waals surface area contributed by atoms with E-state index in [0.717, 1.165) is 12.8 Å². The third-order valence-corrected chi connectivity index (χ3v) is 5.32. The second kappa shape index (κ2) is 7.81. The highest BCUT2D eigenvalue weighted by atomic mass is 32.2. The zero-order chi connectivity index (χ0) is 16.9. The van der Waals surface area contributed by atoms with E-state index >= 15 is 0 Å². The van der Waals surface area contributed by atoms with Gasteiger partial charge in [0.05, 0.1) is 16.7 Å². The molecule has 7 heteroatoms. The monoisotopic (exact) mass is 348 g/mol. The summed E-state index contributed by atoms with van der Waals surface area (Å²) in [6, 6.07) is 9.03. The smallest absolute Gasteiger partial charge is 0.247 e. The van der Waals surface area contributed by atoms with Crippen LogP contribution in [0.15, 0.2) is 30.3 Å². The summed E-state index contributed by atoms with van der Waals surface area (Å²) in [6.07, 6.45) is 1.78. The Hall–Kier alpha value is -1.86. The first-order chi connectivity index (χ1) is 11.6. The van der Waals surface area contributed by atoms with E-state index in [0.29, 0.717) is 18.9 Å². The van der Waals surface area contributed by atoms with Crippen molar-refractivity contribution in [1.82, 2.24) is 5.32 Å². The van der Waals surface area contributed by atoms with Gasteiger partial charge in [0.15, 0.2) is 0 Å². The number of hydrogen-bond donors (Lipinski definition) is 1. The summed E-state index contributed by atoms with van der Waals surface area (Å²) in [5.74, 6) is -0.363. The Kier molecular flexibility index (Phi) is 5.52. The highest BCUT2D eigenvalue weighted by Gasteiger charge is 2.40. The van der Waals surface area contributed by atoms with Crippen molar-refractivity contribution in [3.8, 4) is 0 Å². The molecule has 128 valence electrons. The van der Waals surface area contributed by atoms with E-state index in [-0.39, 0.29) is 35.9 Å². The number of benzene rings is 1. The molecule has 0 saturated carbocycles. The number of thioether (sulfide) groups is 1. The molecule has 0 radical (unpaired) electrons. The Morgan fingerprint density at radius 3 is 2.62 bits per heavy atom. The van der Waals surface area contributed by atoms with Crippen LogP contribution in [0.2, 0.25) is 0 Å². The number of para-hydroxylation sites is 1. The summed E-state index contributed by atoms with van der Waals surface area (Å²) in [6.45, 7) is 1.33. The Balaban J connectivity index is 1.52. The molecule has 0 bridgehead atoms. The molecule has 2 saturated heterocycles. The van der Waals surface area contributed by atoms with E-state index < -0.39 is 5.25 Å². The molecule has 0 unspecified atom stereocenters. The molecule has 0 aromatic heterocycles. The number of imide groups is 1. The zero-order valence-electron chi connectivity index (χ0n) is 13.3. The molecule has 1 N–H and O–H groups in total. The number of amides is 3. The van der Waals surface area contributed by atoms with Crippen LogP contribution in [-0.4, -0.2) is 48.0 Å². The fourth-order valence-electron chi connectivity index (χ4n) is 2.87. The first kappa shape index (κ1) is 17.0. The maximum absolute atomic E-state index is 12.5. The molecule has 24 heavy (non-hydrogen) atoms. The minimum absolute atomic E-state index is 0.0923. The topological polar surface area (TPSA) is 75.7 Å². The van der Waals surface area contributed by atoms with Crippen LogP contribution in [0.5, 0.6) is 0 Å². The number of anilines is 1. The van der Waals surface area contributed by atoms with Gasteiger partial charge < -0.3 is 10.1 Å². The van der Waals surface area contributed by atoms with Crippen LogP contribution in [-0.2, 0) is 19.1 Å². The van der Waals surface area contributed by atoms with Crippen molar-refractivity contribution in [2.45, 2.75) is 30.6 Å². The molecule has 3 amide bonds. The van der Waals surface area contributed by atoms with Crippen molar-refractivity contribution in [2.75, 3.05) is 23.9 Å². The molecular weight excluding hydrogens is 328 g/mol. The van der Waals surface area contributed by atoms with E-state index in [4.69, 9.17) is 4.74 Å². The predicted molar refractivity (Wildman–Crippen MR) is 91.8 cm³/mol. The van der Waals surface area contributed by atoms with Crippen LogP contribution < -0.4 is 10.2 Å². The lowest BCUT2D eigenvalue weighted by Gasteiger charge is -2.23. The molecule has 2 fully saturated rings. The van der Waals surface area contributed by atoms with Crippen LogP contribution in [0.1, 0.15) is 19.3 Å². The van der Waals surface area contributed by atoms with E-state index in [1.807, 2.05) is 6.07 Å². The largest absolute Gasteiger partial charge is 0.381 e. The van der Waals surface area contributed by atoms with E-state index in [2.05, 4.69) is 5.32 Å². The summed E-state index contributed by atoms with van der Waals surface area (Å²) < 4.78 is 5.26. The predicted octanol–water partition coefficient (Wildman–Crippen LogP) is 1.35. The van der Waals surface area contributed by atoms with Gasteiger partial charge in [-0.15, -0.1) is 11.8 Å². The summed E-state index contributed by atoms with van der Waals surface area (Å²) in [4.78, 5) is 37.8. The van der Waals surface area contributed by atoms with Gasteiger partial charge in [-0.3, -0.25) is 14.4 Å². The zero-order valence-corrected chi connectivity index (χ0v) is 14.1. The molecule has 2 heterocycles. The summed E-state index contributed by atoms with van der Waals surface area (Å²) in [7, 11) is 0. The maximum Gasteiger partial charge on any atom is 0.247 e. The maximum atomic E-state index is 12.5. The lowest BCUT2D eigenvalue weighted by atomic mass is 10.1. The third-order valence-electron chi connectivity index (χ3n) is 4.12. The van der Waals surface area contributed by atoms with E-state index in [1.54, 1.807) is 24.3 Å². The molecule has 1 aromatic rings. The number of carbonyl (C=O) groups is 3. The molecule has 1 aromatic carbocycles. The molecule has 0 spiro atoms. The van der Waals surface area contributed by atoms with Gasteiger partial charge in [0.25, 0.3) is 0 Å². The minimum Gasteiger partial charge on any atom is -0.381 e.